The Kier molecular flexibility index (Phi) is 5.75. The van der Waals surface area contributed by atoms with Gasteiger partial charge in [-0.25, -0.2) is 13.3 Å². The molecule has 2 N–H and O–H groups in total. The number of aromatic amines is 1. The number of quaternary nitrogens is 1. The number of hydrogen-bond acceptors (Lipinski definition) is 6. The van der Waals surface area contributed by atoms with Crippen molar-refractivity contribution in [3.63, 3.8) is 0 Å². The van der Waals surface area contributed by atoms with Gasteiger partial charge in [0.05, 0.1) is 35.8 Å². The highest BCUT2D eigenvalue weighted by Gasteiger charge is 2.38. The molecule has 4 aliphatic rings. The van der Waals surface area contributed by atoms with Gasteiger partial charge < -0.3 is 9.88 Å². The molecule has 1 amide bonds. The molecule has 6 rings (SSSR count). The van der Waals surface area contributed by atoms with E-state index in [0.717, 1.165) is 52.1 Å². The number of H-pyrrole nitrogens is 1. The van der Waals surface area contributed by atoms with Gasteiger partial charge in [0.25, 0.3) is 0 Å². The number of rotatable bonds is 4. The Morgan fingerprint density at radius 2 is 2.11 bits per heavy atom. The van der Waals surface area contributed by atoms with Crippen molar-refractivity contribution in [1.82, 2.24) is 14.2 Å². The van der Waals surface area contributed by atoms with Crippen LogP contribution in [0.5, 0.6) is 0 Å². The number of amidine groups is 1. The minimum Gasteiger partial charge on any atom is -0.369 e. The number of benzene rings is 1. The summed E-state index contributed by atoms with van der Waals surface area (Å²) in [6.07, 6.45) is 13.0. The number of aromatic nitrogens is 1. The van der Waals surface area contributed by atoms with E-state index in [0.29, 0.717) is 37.5 Å². The van der Waals surface area contributed by atoms with E-state index in [4.69, 9.17) is 0 Å². The van der Waals surface area contributed by atoms with Crippen LogP contribution in [0, 0.1) is 11.3 Å². The quantitative estimate of drug-likeness (QED) is 0.630. The highest BCUT2D eigenvalue weighted by atomic mass is 32.2. The van der Waals surface area contributed by atoms with Crippen LogP contribution in [0.1, 0.15) is 30.5 Å². The van der Waals surface area contributed by atoms with Crippen molar-refractivity contribution in [3.8, 4) is 6.07 Å². The predicted molar refractivity (Wildman–Crippen MR) is 141 cm³/mol. The summed E-state index contributed by atoms with van der Waals surface area (Å²) in [5, 5.41) is 10.7. The normalized spacial score (nSPS) is 24.3. The van der Waals surface area contributed by atoms with E-state index in [1.165, 1.54) is 10.6 Å². The molecule has 0 aliphatic carbocycles. The summed E-state index contributed by atoms with van der Waals surface area (Å²) < 4.78 is 25.3. The lowest BCUT2D eigenvalue weighted by Crippen LogP contribution is -3.07. The molecule has 2 unspecified atom stereocenters. The number of nitrogens with zero attached hydrogens (tertiary/aromatic N) is 5. The molecule has 0 saturated carbocycles. The second-order valence-corrected chi connectivity index (χ2v) is 11.8. The second kappa shape index (κ2) is 8.99. The van der Waals surface area contributed by atoms with E-state index in [1.54, 1.807) is 6.20 Å². The van der Waals surface area contributed by atoms with Gasteiger partial charge in [-0.3, -0.25) is 9.69 Å². The molecule has 4 aliphatic heterocycles. The first kappa shape index (κ1) is 23.7. The highest BCUT2D eigenvalue weighted by Crippen LogP contribution is 2.35. The number of anilines is 1. The average Bonchev–Trinajstić information content (AvgIpc) is 3.56. The van der Waals surface area contributed by atoms with Gasteiger partial charge in [0.1, 0.15) is 18.5 Å². The Labute approximate surface area is 215 Å². The largest absolute Gasteiger partial charge is 0.369 e. The molecule has 1 aromatic heterocycles. The molecule has 2 aromatic rings. The maximum absolute atomic E-state index is 13.1. The molecule has 190 valence electrons. The molecule has 5 heterocycles. The zero-order chi connectivity index (χ0) is 25.7. The molecule has 0 spiro atoms. The lowest BCUT2D eigenvalue weighted by Gasteiger charge is -2.39. The van der Waals surface area contributed by atoms with Crippen LogP contribution in [0.3, 0.4) is 0 Å². The molecule has 0 radical (unpaired) electrons. The number of sulfonamides is 1. The zero-order valence-corrected chi connectivity index (χ0v) is 21.3. The molecule has 1 aromatic carbocycles. The van der Waals surface area contributed by atoms with Gasteiger partial charge >= 0.3 is 11.7 Å². The van der Waals surface area contributed by atoms with E-state index in [9.17, 15) is 18.5 Å². The highest BCUT2D eigenvalue weighted by molar-refractivity contribution is 7.88. The molecular weight excluding hydrogens is 490 g/mol. The first-order valence-electron chi connectivity index (χ1n) is 12.4. The first-order chi connectivity index (χ1) is 17.8. The third kappa shape index (κ3) is 4.17. The van der Waals surface area contributed by atoms with Crippen LogP contribution in [0.15, 0.2) is 54.1 Å². The fourth-order valence-electron chi connectivity index (χ4n) is 5.64. The molecule has 11 heteroatoms. The molecular formula is C26H28N7O3S+. The Hall–Kier alpha value is -3.72. The minimum absolute atomic E-state index is 0.0227. The topological polar surface area (TPSA) is 117 Å². The van der Waals surface area contributed by atoms with Crippen molar-refractivity contribution in [2.45, 2.75) is 25.3 Å². The summed E-state index contributed by atoms with van der Waals surface area (Å²) in [5.41, 5.74) is 4.32. The van der Waals surface area contributed by atoms with Crippen molar-refractivity contribution in [1.29, 1.82) is 5.26 Å². The lowest BCUT2D eigenvalue weighted by molar-refractivity contribution is -0.679. The van der Waals surface area contributed by atoms with Crippen LogP contribution in [0.4, 0.5) is 5.69 Å². The van der Waals surface area contributed by atoms with Crippen molar-refractivity contribution >= 4 is 43.9 Å². The molecule has 37 heavy (non-hydrogen) atoms. The number of carbonyl (C=O) groups is 1. The Balaban J connectivity index is 1.30. The summed E-state index contributed by atoms with van der Waals surface area (Å²) in [5.74, 6) is 0.446. The van der Waals surface area contributed by atoms with Crippen LogP contribution in [-0.4, -0.2) is 72.8 Å². The molecule has 2 atom stereocenters. The summed E-state index contributed by atoms with van der Waals surface area (Å²) >= 11 is 0. The third-order valence-electron chi connectivity index (χ3n) is 7.59. The number of hydrogen-bond donors (Lipinski definition) is 2. The second-order valence-electron chi connectivity index (χ2n) is 9.84. The van der Waals surface area contributed by atoms with E-state index >= 15 is 0 Å². The molecule has 1 fully saturated rings. The number of amides is 1. The molecule has 10 nitrogen and oxygen atoms in total. The first-order valence-corrected chi connectivity index (χ1v) is 14.3. The minimum atomic E-state index is -3.23. The van der Waals surface area contributed by atoms with Crippen molar-refractivity contribution in [3.05, 3.63) is 60.3 Å². The standard InChI is InChI=1S/C26H27N7O3S/c1-37(35,36)32-10-6-18(7-11-32)22-15-21-23(5-4-19(16-27)24(21)29-22)31-9-2-3-20(17-31)33-14-13-30-12-8-28-25(30)26(33)34/h4-6,8,12-15,20,29H,2-3,7,9-11,17H2,1H3/p+1. The average molecular weight is 519 g/mol. The maximum atomic E-state index is 13.1. The summed E-state index contributed by atoms with van der Waals surface area (Å²) in [4.78, 5) is 25.7. The zero-order valence-electron chi connectivity index (χ0n) is 20.5. The fraction of sp³-hybridized carbons (Fsp3) is 0.346. The predicted octanol–water partition coefficient (Wildman–Crippen LogP) is 1.14. The van der Waals surface area contributed by atoms with E-state index in [2.05, 4.69) is 27.0 Å². The number of nitrogens with one attached hydrogen (secondary N) is 2. The number of piperidine rings is 1. The van der Waals surface area contributed by atoms with Crippen LogP contribution in [0.25, 0.3) is 16.5 Å². The smallest absolute Gasteiger partial charge is 0.334 e. The summed E-state index contributed by atoms with van der Waals surface area (Å²) in [6.45, 7) is 2.31. The third-order valence-corrected chi connectivity index (χ3v) is 8.86. The lowest BCUT2D eigenvalue weighted by atomic mass is 10.0. The van der Waals surface area contributed by atoms with Crippen molar-refractivity contribution in [2.24, 2.45) is 4.99 Å². The number of fused-ring (bicyclic) bond motifs is 2. The van der Waals surface area contributed by atoms with Crippen LogP contribution < -0.4 is 9.80 Å². The van der Waals surface area contributed by atoms with Gasteiger partial charge in [0.15, 0.2) is 0 Å². The summed E-state index contributed by atoms with van der Waals surface area (Å²) in [7, 11) is -3.23. The van der Waals surface area contributed by atoms with Gasteiger partial charge in [-0.05, 0) is 43.0 Å². The summed E-state index contributed by atoms with van der Waals surface area (Å²) in [6, 6.07) is 8.22. The van der Waals surface area contributed by atoms with Crippen LogP contribution >= 0.6 is 0 Å². The number of aliphatic imine (C=N–C) groups is 1. The van der Waals surface area contributed by atoms with Gasteiger partial charge in [0.2, 0.25) is 10.0 Å². The maximum Gasteiger partial charge on any atom is 0.334 e. The number of carbonyl (C=O) groups excluding carboxylic acids is 1. The Morgan fingerprint density at radius 1 is 1.24 bits per heavy atom. The van der Waals surface area contributed by atoms with Crippen LogP contribution in [0.2, 0.25) is 0 Å². The van der Waals surface area contributed by atoms with Gasteiger partial charge in [-0.2, -0.15) is 14.6 Å². The monoisotopic (exact) mass is 518 g/mol. The Morgan fingerprint density at radius 3 is 2.86 bits per heavy atom. The van der Waals surface area contributed by atoms with E-state index in [-0.39, 0.29) is 11.9 Å². The van der Waals surface area contributed by atoms with Crippen molar-refractivity contribution in [2.75, 3.05) is 37.3 Å². The Bertz CT molecular complexity index is 1560. The van der Waals surface area contributed by atoms with E-state index < -0.39 is 10.0 Å². The molecule has 1 saturated heterocycles. The number of nitriles is 1. The van der Waals surface area contributed by atoms with Gasteiger partial charge in [-0.1, -0.05) is 6.08 Å². The fourth-order valence-corrected chi connectivity index (χ4v) is 6.41. The van der Waals surface area contributed by atoms with E-state index in [1.807, 2.05) is 41.7 Å². The SMILES string of the molecule is CS(=O)(=O)N1CC=C(c2cc3c(N4CCCC(N5C=C[NH+]6C=CN=C6C5=O)C4)ccc(C#N)c3[nH]2)CC1. The van der Waals surface area contributed by atoms with Gasteiger partial charge in [0, 0.05) is 42.9 Å². The van der Waals surface area contributed by atoms with Crippen molar-refractivity contribution < 1.29 is 18.1 Å². The molecule has 0 bridgehead atoms. The van der Waals surface area contributed by atoms with Crippen LogP contribution in [-0.2, 0) is 14.8 Å². The van der Waals surface area contributed by atoms with Gasteiger partial charge in [-0.15, -0.1) is 0 Å².